The number of sulfonamides is 1. The number of rotatable bonds is 7. The zero-order valence-corrected chi connectivity index (χ0v) is 14.1. The van der Waals surface area contributed by atoms with Crippen LogP contribution in [0.4, 0.5) is 5.69 Å². The molecule has 1 N–H and O–H groups in total. The molecule has 0 aliphatic heterocycles. The van der Waals surface area contributed by atoms with Crippen molar-refractivity contribution in [3.05, 3.63) is 40.2 Å². The molecule has 0 bridgehead atoms. The number of hydrogen-bond donors (Lipinski definition) is 1. The van der Waals surface area contributed by atoms with E-state index in [9.17, 15) is 18.5 Å². The molecule has 0 aliphatic rings. The van der Waals surface area contributed by atoms with Crippen molar-refractivity contribution in [2.75, 3.05) is 7.11 Å². The molecule has 1 atom stereocenters. The van der Waals surface area contributed by atoms with Crippen molar-refractivity contribution in [2.45, 2.75) is 31.3 Å². The zero-order valence-electron chi connectivity index (χ0n) is 13.3. The third-order valence-corrected chi connectivity index (χ3v) is 4.84. The number of hydrogen-bond acceptors (Lipinski definition) is 7. The fraction of sp³-hybridized carbons (Fsp3) is 0.385. The minimum atomic E-state index is -3.96. The van der Waals surface area contributed by atoms with Crippen LogP contribution >= 0.6 is 0 Å². The van der Waals surface area contributed by atoms with Crippen LogP contribution in [0.5, 0.6) is 6.01 Å². The second-order valence-electron chi connectivity index (χ2n) is 4.89. The van der Waals surface area contributed by atoms with Gasteiger partial charge in [0.25, 0.3) is 5.69 Å². The molecule has 1 heterocycles. The lowest BCUT2D eigenvalue weighted by Crippen LogP contribution is -2.29. The molecule has 0 saturated heterocycles. The maximum atomic E-state index is 12.4. The van der Waals surface area contributed by atoms with E-state index in [0.29, 0.717) is 12.4 Å². The van der Waals surface area contributed by atoms with Crippen LogP contribution in [0.2, 0.25) is 0 Å². The van der Waals surface area contributed by atoms with Gasteiger partial charge >= 0.3 is 6.01 Å². The van der Waals surface area contributed by atoms with E-state index in [0.717, 1.165) is 6.07 Å². The van der Waals surface area contributed by atoms with Gasteiger partial charge in [0.05, 0.1) is 23.0 Å². The second-order valence-corrected chi connectivity index (χ2v) is 6.60. The Morgan fingerprint density at radius 2 is 2.12 bits per heavy atom. The van der Waals surface area contributed by atoms with Gasteiger partial charge in [-0.05, 0) is 19.9 Å². The quantitative estimate of drug-likeness (QED) is 0.584. The summed E-state index contributed by atoms with van der Waals surface area (Å²) in [4.78, 5) is 9.95. The van der Waals surface area contributed by atoms with Crippen molar-refractivity contribution in [3.63, 3.8) is 0 Å². The number of benzene rings is 1. The number of nitro groups is 1. The molecule has 0 radical (unpaired) electrons. The molecule has 2 aromatic rings. The molecule has 130 valence electrons. The fourth-order valence-corrected chi connectivity index (χ4v) is 3.43. The van der Waals surface area contributed by atoms with Gasteiger partial charge in [0.15, 0.2) is 5.82 Å². The van der Waals surface area contributed by atoms with Crippen molar-refractivity contribution in [2.24, 2.45) is 0 Å². The number of nitrogens with zero attached hydrogens (tertiary/aromatic N) is 4. The highest BCUT2D eigenvalue weighted by Crippen LogP contribution is 2.21. The minimum Gasteiger partial charge on any atom is -0.467 e. The molecule has 0 saturated carbocycles. The van der Waals surface area contributed by atoms with Crippen LogP contribution < -0.4 is 9.46 Å². The largest absolute Gasteiger partial charge is 0.467 e. The maximum absolute atomic E-state index is 12.4. The topological polar surface area (TPSA) is 129 Å². The van der Waals surface area contributed by atoms with E-state index < -0.39 is 21.0 Å². The zero-order chi connectivity index (χ0) is 17.9. The molecule has 24 heavy (non-hydrogen) atoms. The van der Waals surface area contributed by atoms with Crippen LogP contribution in [0.3, 0.4) is 0 Å². The van der Waals surface area contributed by atoms with Crippen LogP contribution in [0, 0.1) is 10.1 Å². The lowest BCUT2D eigenvalue weighted by atomic mass is 10.3. The van der Waals surface area contributed by atoms with E-state index >= 15 is 0 Å². The standard InChI is InChI=1S/C13H17N5O5S/c1-4-17-12(14-15-13(17)23-3)9(2)16-24(21,22)11-7-5-6-10(8-11)18(19)20/h5-9,16H,4H2,1-3H3/t9-/m1/s1. The van der Waals surface area contributed by atoms with Gasteiger partial charge < -0.3 is 4.74 Å². The second kappa shape index (κ2) is 6.93. The number of methoxy groups -OCH3 is 1. The molecule has 1 aromatic carbocycles. The first kappa shape index (κ1) is 17.8. The smallest absolute Gasteiger partial charge is 0.316 e. The molecule has 1 aromatic heterocycles. The van der Waals surface area contributed by atoms with E-state index in [1.807, 2.05) is 6.92 Å². The van der Waals surface area contributed by atoms with Crippen LogP contribution in [-0.4, -0.2) is 35.2 Å². The summed E-state index contributed by atoms with van der Waals surface area (Å²) in [5, 5.41) is 18.6. The van der Waals surface area contributed by atoms with Gasteiger partial charge in [-0.3, -0.25) is 14.7 Å². The Morgan fingerprint density at radius 3 is 2.71 bits per heavy atom. The normalized spacial score (nSPS) is 12.8. The number of non-ortho nitro benzene ring substituents is 1. The summed E-state index contributed by atoms with van der Waals surface area (Å²) in [6, 6.07) is 4.39. The lowest BCUT2D eigenvalue weighted by Gasteiger charge is -2.15. The summed E-state index contributed by atoms with van der Waals surface area (Å²) in [6.07, 6.45) is 0. The van der Waals surface area contributed by atoms with Gasteiger partial charge in [0, 0.05) is 18.7 Å². The molecule has 11 heteroatoms. The maximum Gasteiger partial charge on any atom is 0.316 e. The summed E-state index contributed by atoms with van der Waals surface area (Å²) < 4.78 is 34.0. The minimum absolute atomic E-state index is 0.196. The molecular weight excluding hydrogens is 338 g/mol. The Bertz CT molecular complexity index is 848. The molecule has 10 nitrogen and oxygen atoms in total. The molecule has 0 aliphatic carbocycles. The number of nitro benzene ring substituents is 1. The van der Waals surface area contributed by atoms with E-state index in [4.69, 9.17) is 4.74 Å². The van der Waals surface area contributed by atoms with Gasteiger partial charge in [-0.15, -0.1) is 5.10 Å². The molecule has 0 amide bonds. The monoisotopic (exact) mass is 355 g/mol. The highest BCUT2D eigenvalue weighted by molar-refractivity contribution is 7.89. The van der Waals surface area contributed by atoms with Crippen LogP contribution in [0.15, 0.2) is 29.2 Å². The van der Waals surface area contributed by atoms with Crippen LogP contribution in [0.25, 0.3) is 0 Å². The summed E-state index contributed by atoms with van der Waals surface area (Å²) >= 11 is 0. The van der Waals surface area contributed by atoms with Crippen molar-refractivity contribution in [1.29, 1.82) is 0 Å². The molecular formula is C13H17N5O5S. The van der Waals surface area contributed by atoms with Gasteiger partial charge in [-0.1, -0.05) is 11.2 Å². The molecule has 2 rings (SSSR count). The Hall–Kier alpha value is -2.53. The number of aromatic nitrogens is 3. The van der Waals surface area contributed by atoms with E-state index in [-0.39, 0.29) is 16.6 Å². The lowest BCUT2D eigenvalue weighted by molar-refractivity contribution is -0.385. The average Bonchev–Trinajstić information content (AvgIpc) is 2.97. The number of ether oxygens (including phenoxy) is 1. The average molecular weight is 355 g/mol. The van der Waals surface area contributed by atoms with Crippen LogP contribution in [-0.2, 0) is 16.6 Å². The summed E-state index contributed by atoms with van der Waals surface area (Å²) in [5.74, 6) is 0.378. The summed E-state index contributed by atoms with van der Waals surface area (Å²) in [5.41, 5.74) is -0.302. The van der Waals surface area contributed by atoms with Gasteiger partial charge in [-0.25, -0.2) is 13.1 Å². The Labute approximate surface area is 138 Å². The summed E-state index contributed by atoms with van der Waals surface area (Å²) in [6.45, 7) is 3.94. The first-order chi connectivity index (χ1) is 11.3. The van der Waals surface area contributed by atoms with Crippen LogP contribution in [0.1, 0.15) is 25.7 Å². The number of nitrogens with one attached hydrogen (secondary N) is 1. The highest BCUT2D eigenvalue weighted by Gasteiger charge is 2.24. The predicted octanol–water partition coefficient (Wildman–Crippen LogP) is 1.25. The Balaban J connectivity index is 2.30. The van der Waals surface area contributed by atoms with Crippen molar-refractivity contribution < 1.29 is 18.1 Å². The predicted molar refractivity (Wildman–Crippen MR) is 84.1 cm³/mol. The highest BCUT2D eigenvalue weighted by atomic mass is 32.2. The van der Waals surface area contributed by atoms with E-state index in [1.165, 1.54) is 25.3 Å². The van der Waals surface area contributed by atoms with Crippen molar-refractivity contribution in [3.8, 4) is 6.01 Å². The van der Waals surface area contributed by atoms with E-state index in [2.05, 4.69) is 14.9 Å². The fourth-order valence-electron chi connectivity index (χ4n) is 2.19. The Kier molecular flexibility index (Phi) is 5.14. The summed E-state index contributed by atoms with van der Waals surface area (Å²) in [7, 11) is -2.52. The molecule has 0 spiro atoms. The first-order valence-corrected chi connectivity index (χ1v) is 8.52. The third kappa shape index (κ3) is 3.51. The Morgan fingerprint density at radius 1 is 1.42 bits per heavy atom. The van der Waals surface area contributed by atoms with Gasteiger partial charge in [0.1, 0.15) is 0 Å². The van der Waals surface area contributed by atoms with Gasteiger partial charge in [-0.2, -0.15) is 0 Å². The SMILES string of the molecule is CCn1c(OC)nnc1[C@@H](C)NS(=O)(=O)c1cccc([N+](=O)[O-])c1. The first-order valence-electron chi connectivity index (χ1n) is 7.04. The van der Waals surface area contributed by atoms with E-state index in [1.54, 1.807) is 11.5 Å². The molecule has 0 fully saturated rings. The van der Waals surface area contributed by atoms with Gasteiger partial charge in [0.2, 0.25) is 10.0 Å². The molecule has 0 unspecified atom stereocenters. The third-order valence-electron chi connectivity index (χ3n) is 3.30. The van der Waals surface area contributed by atoms with Crippen molar-refractivity contribution in [1.82, 2.24) is 19.5 Å². The van der Waals surface area contributed by atoms with Crippen molar-refractivity contribution >= 4 is 15.7 Å².